The number of hydrogen-bond acceptors (Lipinski definition) is 6. The van der Waals surface area contributed by atoms with Gasteiger partial charge in [0.15, 0.2) is 5.16 Å². The summed E-state index contributed by atoms with van der Waals surface area (Å²) in [6.07, 6.45) is 3.60. The smallest absolute Gasteiger partial charge is 0.233 e. The molecule has 0 unspecified atom stereocenters. The molecule has 160 valence electrons. The Kier molecular flexibility index (Phi) is 7.23. The van der Waals surface area contributed by atoms with Crippen LogP contribution in [0.1, 0.15) is 19.3 Å². The van der Waals surface area contributed by atoms with E-state index in [0.717, 1.165) is 42.7 Å². The van der Waals surface area contributed by atoms with Crippen LogP contribution in [0.2, 0.25) is 10.2 Å². The standard InChI is InChI=1S/C21H25Cl2N5OS/c22-16-6-2-3-7-17(16)26-10-12-28(13-11-26)20(29)15-30-21-24-18(23)14-19(25-21)27-8-4-1-5-9-27/h2-3,6-7,14H,1,4-5,8-13,15H2. The van der Waals surface area contributed by atoms with Crippen molar-refractivity contribution in [3.8, 4) is 0 Å². The molecule has 2 aliphatic rings. The van der Waals surface area contributed by atoms with Gasteiger partial charge in [-0.1, -0.05) is 47.1 Å². The summed E-state index contributed by atoms with van der Waals surface area (Å²) in [5.41, 5.74) is 1.03. The van der Waals surface area contributed by atoms with Crippen molar-refractivity contribution in [1.29, 1.82) is 0 Å². The number of thioether (sulfide) groups is 1. The van der Waals surface area contributed by atoms with Crippen LogP contribution in [0, 0.1) is 0 Å². The number of amides is 1. The van der Waals surface area contributed by atoms with E-state index in [1.165, 1.54) is 31.0 Å². The molecule has 1 aromatic carbocycles. The zero-order chi connectivity index (χ0) is 20.9. The fraction of sp³-hybridized carbons (Fsp3) is 0.476. The number of nitrogens with zero attached hydrogens (tertiary/aromatic N) is 5. The van der Waals surface area contributed by atoms with Crippen molar-refractivity contribution in [1.82, 2.24) is 14.9 Å². The predicted octanol–water partition coefficient (Wildman–Crippen LogP) is 4.21. The molecule has 0 N–H and O–H groups in total. The quantitative estimate of drug-likeness (QED) is 0.374. The van der Waals surface area contributed by atoms with Gasteiger partial charge in [-0.05, 0) is 31.4 Å². The third-order valence-corrected chi connectivity index (χ3v) is 6.84. The first kappa shape index (κ1) is 21.5. The van der Waals surface area contributed by atoms with Gasteiger partial charge in [0.1, 0.15) is 11.0 Å². The molecule has 0 atom stereocenters. The average molecular weight is 466 g/mol. The Morgan fingerprint density at radius 2 is 1.67 bits per heavy atom. The van der Waals surface area contributed by atoms with Crippen LogP contribution in [0.4, 0.5) is 11.5 Å². The number of anilines is 2. The molecule has 9 heteroatoms. The zero-order valence-corrected chi connectivity index (χ0v) is 19.1. The number of aromatic nitrogens is 2. The Bertz CT molecular complexity index is 885. The molecule has 2 aromatic rings. The highest BCUT2D eigenvalue weighted by molar-refractivity contribution is 7.99. The van der Waals surface area contributed by atoms with Gasteiger partial charge in [0.2, 0.25) is 5.91 Å². The summed E-state index contributed by atoms with van der Waals surface area (Å²) in [6.45, 7) is 4.89. The van der Waals surface area contributed by atoms with Gasteiger partial charge in [-0.3, -0.25) is 4.79 Å². The van der Waals surface area contributed by atoms with Crippen LogP contribution in [0.25, 0.3) is 0 Å². The molecule has 2 fully saturated rings. The molecule has 30 heavy (non-hydrogen) atoms. The number of para-hydroxylation sites is 1. The lowest BCUT2D eigenvalue weighted by molar-refractivity contribution is -0.128. The van der Waals surface area contributed by atoms with E-state index in [0.29, 0.717) is 29.2 Å². The Hall–Kier alpha value is -1.70. The zero-order valence-electron chi connectivity index (χ0n) is 16.8. The van der Waals surface area contributed by atoms with Gasteiger partial charge in [0, 0.05) is 45.3 Å². The molecule has 0 aliphatic carbocycles. The van der Waals surface area contributed by atoms with Crippen molar-refractivity contribution in [2.24, 2.45) is 0 Å². The minimum Gasteiger partial charge on any atom is -0.367 e. The lowest BCUT2D eigenvalue weighted by Crippen LogP contribution is -2.49. The van der Waals surface area contributed by atoms with E-state index in [1.54, 1.807) is 0 Å². The first-order valence-electron chi connectivity index (χ1n) is 10.3. The molecular weight excluding hydrogens is 441 g/mol. The molecule has 6 nitrogen and oxygen atoms in total. The second-order valence-electron chi connectivity index (χ2n) is 7.49. The van der Waals surface area contributed by atoms with Crippen molar-refractivity contribution in [3.05, 3.63) is 40.5 Å². The van der Waals surface area contributed by atoms with Gasteiger partial charge in [-0.2, -0.15) is 0 Å². The van der Waals surface area contributed by atoms with Crippen molar-refractivity contribution < 1.29 is 4.79 Å². The third kappa shape index (κ3) is 5.31. The van der Waals surface area contributed by atoms with E-state index in [-0.39, 0.29) is 5.91 Å². The van der Waals surface area contributed by atoms with Gasteiger partial charge in [-0.25, -0.2) is 9.97 Å². The highest BCUT2D eigenvalue weighted by atomic mass is 35.5. The van der Waals surface area contributed by atoms with Crippen LogP contribution in [0.3, 0.4) is 0 Å². The Morgan fingerprint density at radius 1 is 0.933 bits per heavy atom. The van der Waals surface area contributed by atoms with E-state index < -0.39 is 0 Å². The monoisotopic (exact) mass is 465 g/mol. The van der Waals surface area contributed by atoms with Crippen molar-refractivity contribution >= 4 is 52.4 Å². The van der Waals surface area contributed by atoms with Crippen LogP contribution < -0.4 is 9.80 Å². The summed E-state index contributed by atoms with van der Waals surface area (Å²) in [7, 11) is 0. The molecule has 4 rings (SSSR count). The van der Waals surface area contributed by atoms with E-state index >= 15 is 0 Å². The molecule has 0 bridgehead atoms. The molecule has 2 saturated heterocycles. The molecule has 2 aliphatic heterocycles. The van der Waals surface area contributed by atoms with Crippen LogP contribution >= 0.6 is 35.0 Å². The number of hydrogen-bond donors (Lipinski definition) is 0. The van der Waals surface area contributed by atoms with Gasteiger partial charge < -0.3 is 14.7 Å². The van der Waals surface area contributed by atoms with Crippen molar-refractivity contribution in [3.63, 3.8) is 0 Å². The summed E-state index contributed by atoms with van der Waals surface area (Å²) in [6, 6.07) is 9.64. The summed E-state index contributed by atoms with van der Waals surface area (Å²) in [5, 5.41) is 1.73. The maximum absolute atomic E-state index is 12.7. The number of carbonyl (C=O) groups excluding carboxylic acids is 1. The minimum absolute atomic E-state index is 0.0990. The highest BCUT2D eigenvalue weighted by Gasteiger charge is 2.23. The summed E-state index contributed by atoms with van der Waals surface area (Å²) >= 11 is 13.9. The third-order valence-electron chi connectivity index (χ3n) is 5.49. The molecule has 0 radical (unpaired) electrons. The Labute approximate surface area is 191 Å². The number of piperidine rings is 1. The van der Waals surface area contributed by atoms with E-state index in [2.05, 4.69) is 19.8 Å². The maximum Gasteiger partial charge on any atom is 0.233 e. The molecule has 0 saturated carbocycles. The first-order valence-corrected chi connectivity index (χ1v) is 12.0. The normalized spacial score (nSPS) is 17.3. The molecule has 0 spiro atoms. The second kappa shape index (κ2) is 10.1. The lowest BCUT2D eigenvalue weighted by Gasteiger charge is -2.36. The fourth-order valence-corrected chi connectivity index (χ4v) is 5.10. The topological polar surface area (TPSA) is 52.6 Å². The number of carbonyl (C=O) groups is 1. The van der Waals surface area contributed by atoms with Gasteiger partial charge >= 0.3 is 0 Å². The minimum atomic E-state index is 0.0990. The molecule has 1 aromatic heterocycles. The van der Waals surface area contributed by atoms with E-state index in [4.69, 9.17) is 23.2 Å². The van der Waals surface area contributed by atoms with Crippen molar-refractivity contribution in [2.45, 2.75) is 24.4 Å². The van der Waals surface area contributed by atoms with Crippen molar-refractivity contribution in [2.75, 3.05) is 54.8 Å². The van der Waals surface area contributed by atoms with Crippen LogP contribution in [-0.2, 0) is 4.79 Å². The summed E-state index contributed by atoms with van der Waals surface area (Å²) in [4.78, 5) is 28.0. The van der Waals surface area contributed by atoms with Crippen LogP contribution in [0.15, 0.2) is 35.5 Å². The molecular formula is C21H25Cl2N5OS. The largest absolute Gasteiger partial charge is 0.367 e. The Morgan fingerprint density at radius 3 is 2.40 bits per heavy atom. The summed E-state index contributed by atoms with van der Waals surface area (Å²) in [5.74, 6) is 1.27. The van der Waals surface area contributed by atoms with E-state index in [1.807, 2.05) is 35.2 Å². The molecule has 3 heterocycles. The van der Waals surface area contributed by atoms with Crippen LogP contribution in [0.5, 0.6) is 0 Å². The number of benzene rings is 1. The maximum atomic E-state index is 12.7. The van der Waals surface area contributed by atoms with Crippen LogP contribution in [-0.4, -0.2) is 65.8 Å². The number of piperazine rings is 1. The second-order valence-corrected chi connectivity index (χ2v) is 9.22. The van der Waals surface area contributed by atoms with Gasteiger partial charge in [-0.15, -0.1) is 0 Å². The molecule has 1 amide bonds. The first-order chi connectivity index (χ1) is 14.6. The Balaban J connectivity index is 1.31. The van der Waals surface area contributed by atoms with Gasteiger partial charge in [0.05, 0.1) is 16.5 Å². The fourth-order valence-electron chi connectivity index (χ4n) is 3.86. The SMILES string of the molecule is O=C(CSc1nc(Cl)cc(N2CCCCC2)n1)N1CCN(c2ccccc2Cl)CC1. The van der Waals surface area contributed by atoms with Gasteiger partial charge in [0.25, 0.3) is 0 Å². The highest BCUT2D eigenvalue weighted by Crippen LogP contribution is 2.27. The summed E-state index contributed by atoms with van der Waals surface area (Å²) < 4.78 is 0. The lowest BCUT2D eigenvalue weighted by atomic mass is 10.1. The average Bonchev–Trinajstić information content (AvgIpc) is 2.78. The predicted molar refractivity (Wildman–Crippen MR) is 124 cm³/mol. The number of rotatable bonds is 5. The van der Waals surface area contributed by atoms with E-state index in [9.17, 15) is 4.79 Å². The number of halogens is 2.